The van der Waals surface area contributed by atoms with E-state index in [9.17, 15) is 4.79 Å². The Labute approximate surface area is 245 Å². The van der Waals surface area contributed by atoms with Crippen molar-refractivity contribution in [3.8, 4) is 33.6 Å². The fourth-order valence-electron chi connectivity index (χ4n) is 5.48. The van der Waals surface area contributed by atoms with Gasteiger partial charge in [-0.25, -0.2) is 9.97 Å². The zero-order valence-electron chi connectivity index (χ0n) is 24.6. The van der Waals surface area contributed by atoms with E-state index in [1.165, 1.54) is 0 Å². The van der Waals surface area contributed by atoms with Gasteiger partial charge in [-0.1, -0.05) is 24.3 Å². The molecule has 0 radical (unpaired) electrons. The summed E-state index contributed by atoms with van der Waals surface area (Å²) in [6.45, 7) is 1.78. The lowest BCUT2D eigenvalue weighted by Gasteiger charge is -2.16. The van der Waals surface area contributed by atoms with Gasteiger partial charge < -0.3 is 10.2 Å². The number of carbonyl (C=O) groups excluding carboxylic acids is 1. The maximum Gasteiger partial charge on any atom is 0.241 e. The molecule has 42 heavy (non-hydrogen) atoms. The molecule has 1 aromatic carbocycles. The van der Waals surface area contributed by atoms with Crippen molar-refractivity contribution in [2.75, 3.05) is 27.2 Å². The first-order valence-electron chi connectivity index (χ1n) is 14.3. The van der Waals surface area contributed by atoms with Crippen molar-refractivity contribution in [3.63, 3.8) is 0 Å². The Bertz CT molecular complexity index is 1710. The summed E-state index contributed by atoms with van der Waals surface area (Å²) in [6, 6.07) is 10.5. The first-order valence-corrected chi connectivity index (χ1v) is 14.3. The van der Waals surface area contributed by atoms with Crippen LogP contribution in [0.25, 0.3) is 33.6 Å². The average molecular weight is 565 g/mol. The number of amides is 1. The molecule has 1 aliphatic carbocycles. The molecule has 11 nitrogen and oxygen atoms in total. The Morgan fingerprint density at radius 3 is 2.57 bits per heavy atom. The molecule has 1 amide bonds. The molecule has 0 aliphatic heterocycles. The smallest absolute Gasteiger partial charge is 0.241 e. The molecule has 0 bridgehead atoms. The molecule has 1 aliphatic rings. The summed E-state index contributed by atoms with van der Waals surface area (Å²) < 4.78 is 5.44. The van der Waals surface area contributed by atoms with Gasteiger partial charge in [0.15, 0.2) is 0 Å². The van der Waals surface area contributed by atoms with Crippen molar-refractivity contribution in [1.82, 2.24) is 49.5 Å². The highest BCUT2D eigenvalue weighted by molar-refractivity contribution is 5.84. The number of carbonyl (C=O) groups is 1. The van der Waals surface area contributed by atoms with E-state index in [0.717, 1.165) is 76.4 Å². The van der Waals surface area contributed by atoms with Crippen molar-refractivity contribution in [1.29, 1.82) is 0 Å². The highest BCUT2D eigenvalue weighted by Gasteiger charge is 2.27. The van der Waals surface area contributed by atoms with E-state index in [0.29, 0.717) is 18.8 Å². The molecule has 11 heteroatoms. The SMILES string of the molecule is CN(C)CCCNC(=O)Cn1ccc(Cc2ncc3c(n2)-c2c(nn(C)c2-c2ccc(-c4cnn(C)c4)cc2)CC3)n1. The molecule has 5 aromatic rings. The van der Waals surface area contributed by atoms with Gasteiger partial charge in [0.25, 0.3) is 0 Å². The number of rotatable bonds is 10. The molecule has 6 rings (SSSR count). The lowest BCUT2D eigenvalue weighted by atomic mass is 9.91. The summed E-state index contributed by atoms with van der Waals surface area (Å²) in [5.41, 5.74) is 9.37. The number of hydrogen-bond donors (Lipinski definition) is 1. The van der Waals surface area contributed by atoms with Crippen molar-refractivity contribution in [2.24, 2.45) is 14.1 Å². The van der Waals surface area contributed by atoms with Gasteiger partial charge in [-0.2, -0.15) is 15.3 Å². The number of nitrogens with one attached hydrogen (secondary N) is 1. The molecule has 4 heterocycles. The van der Waals surface area contributed by atoms with Crippen LogP contribution in [-0.4, -0.2) is 77.3 Å². The summed E-state index contributed by atoms with van der Waals surface area (Å²) >= 11 is 0. The van der Waals surface area contributed by atoms with Crippen molar-refractivity contribution in [3.05, 3.63) is 77.9 Å². The first-order chi connectivity index (χ1) is 20.3. The van der Waals surface area contributed by atoms with Crippen LogP contribution in [0.1, 0.15) is 29.2 Å². The van der Waals surface area contributed by atoms with Gasteiger partial charge in [0.1, 0.15) is 12.4 Å². The van der Waals surface area contributed by atoms with Crippen LogP contribution < -0.4 is 5.32 Å². The van der Waals surface area contributed by atoms with E-state index in [2.05, 4.69) is 49.7 Å². The molecule has 1 N–H and O–H groups in total. The second-order valence-corrected chi connectivity index (χ2v) is 11.1. The van der Waals surface area contributed by atoms with Crippen LogP contribution in [0.3, 0.4) is 0 Å². The van der Waals surface area contributed by atoms with E-state index in [1.54, 1.807) is 4.68 Å². The third kappa shape index (κ3) is 5.87. The van der Waals surface area contributed by atoms with Crippen molar-refractivity contribution >= 4 is 5.91 Å². The molecule has 0 fully saturated rings. The number of aryl methyl sites for hydroxylation is 4. The summed E-state index contributed by atoms with van der Waals surface area (Å²) in [4.78, 5) is 24.1. The fraction of sp³-hybridized carbons (Fsp3) is 0.355. The molecular weight excluding hydrogens is 528 g/mol. The van der Waals surface area contributed by atoms with Crippen molar-refractivity contribution < 1.29 is 4.79 Å². The Morgan fingerprint density at radius 2 is 1.81 bits per heavy atom. The third-order valence-electron chi connectivity index (χ3n) is 7.54. The normalized spacial score (nSPS) is 12.4. The van der Waals surface area contributed by atoms with E-state index in [1.807, 2.05) is 68.4 Å². The van der Waals surface area contributed by atoms with Crippen LogP contribution in [-0.2, 0) is 44.7 Å². The van der Waals surface area contributed by atoms with E-state index >= 15 is 0 Å². The number of nitrogens with zero attached hydrogens (tertiary/aromatic N) is 9. The molecular formula is C31H36N10O. The van der Waals surface area contributed by atoms with E-state index in [-0.39, 0.29) is 12.5 Å². The summed E-state index contributed by atoms with van der Waals surface area (Å²) in [6.07, 6.45) is 10.8. The molecule has 4 aromatic heterocycles. The Hall–Kier alpha value is -4.64. The van der Waals surface area contributed by atoms with Crippen LogP contribution >= 0.6 is 0 Å². The number of aromatic nitrogens is 8. The van der Waals surface area contributed by atoms with Gasteiger partial charge in [0, 0.05) is 55.9 Å². The summed E-state index contributed by atoms with van der Waals surface area (Å²) in [5, 5.41) is 16.7. The van der Waals surface area contributed by atoms with Crippen LogP contribution in [0.4, 0.5) is 0 Å². The van der Waals surface area contributed by atoms with Gasteiger partial charge in [0.2, 0.25) is 5.91 Å². The molecule has 0 atom stereocenters. The average Bonchev–Trinajstić information content (AvgIpc) is 3.69. The zero-order chi connectivity index (χ0) is 29.2. The lowest BCUT2D eigenvalue weighted by Crippen LogP contribution is -2.30. The number of fused-ring (bicyclic) bond motifs is 3. The van der Waals surface area contributed by atoms with Crippen LogP contribution in [0.5, 0.6) is 0 Å². The number of hydrogen-bond acceptors (Lipinski definition) is 7. The summed E-state index contributed by atoms with van der Waals surface area (Å²) in [7, 11) is 7.97. The van der Waals surface area contributed by atoms with Gasteiger partial charge in [0.05, 0.1) is 35.4 Å². The monoisotopic (exact) mass is 564 g/mol. The standard InChI is InChI=1S/C31H36N10O/c1-38(2)14-5-13-32-28(42)20-41-15-12-25(36-41)16-27-33-17-23-10-11-26-29(30(23)35-27)31(40(4)37-26)22-8-6-21(7-9-22)24-18-34-39(3)19-24/h6-9,12,15,17-19H,5,10-11,13-14,16,20H2,1-4H3,(H,32,42). The highest BCUT2D eigenvalue weighted by Crippen LogP contribution is 2.39. The molecule has 0 unspecified atom stereocenters. The molecule has 0 saturated carbocycles. The summed E-state index contributed by atoms with van der Waals surface area (Å²) in [5.74, 6) is 0.653. The quantitative estimate of drug-likeness (QED) is 0.260. The van der Waals surface area contributed by atoms with E-state index < -0.39 is 0 Å². The highest BCUT2D eigenvalue weighted by atomic mass is 16.2. The first kappa shape index (κ1) is 27.5. The molecule has 0 saturated heterocycles. The zero-order valence-corrected chi connectivity index (χ0v) is 24.6. The maximum absolute atomic E-state index is 12.3. The predicted molar refractivity (Wildman–Crippen MR) is 160 cm³/mol. The van der Waals surface area contributed by atoms with Crippen molar-refractivity contribution in [2.45, 2.75) is 32.2 Å². The minimum absolute atomic E-state index is 0.0430. The van der Waals surface area contributed by atoms with E-state index in [4.69, 9.17) is 10.1 Å². The van der Waals surface area contributed by atoms with Gasteiger partial charge in [-0.3, -0.25) is 18.8 Å². The lowest BCUT2D eigenvalue weighted by molar-refractivity contribution is -0.121. The largest absolute Gasteiger partial charge is 0.354 e. The minimum Gasteiger partial charge on any atom is -0.354 e. The minimum atomic E-state index is -0.0430. The van der Waals surface area contributed by atoms with Crippen LogP contribution in [0, 0.1) is 0 Å². The maximum atomic E-state index is 12.3. The van der Waals surface area contributed by atoms with Crippen LogP contribution in [0.15, 0.2) is 55.1 Å². The fourth-order valence-corrected chi connectivity index (χ4v) is 5.48. The molecule has 0 spiro atoms. The second kappa shape index (κ2) is 11.7. The Morgan fingerprint density at radius 1 is 1.00 bits per heavy atom. The predicted octanol–water partition coefficient (Wildman–Crippen LogP) is 2.90. The van der Waals surface area contributed by atoms with Gasteiger partial charge >= 0.3 is 0 Å². The number of benzene rings is 1. The Balaban J connectivity index is 1.20. The Kier molecular flexibility index (Phi) is 7.66. The second-order valence-electron chi connectivity index (χ2n) is 11.1. The third-order valence-corrected chi connectivity index (χ3v) is 7.54. The van der Waals surface area contributed by atoms with Crippen LogP contribution in [0.2, 0.25) is 0 Å². The van der Waals surface area contributed by atoms with Gasteiger partial charge in [-0.05, 0) is 57.1 Å². The topological polar surface area (TPSA) is 112 Å². The van der Waals surface area contributed by atoms with Gasteiger partial charge in [-0.15, -0.1) is 0 Å². The molecule has 216 valence electrons.